The lowest BCUT2D eigenvalue weighted by Crippen LogP contribution is -2.48. The largest absolute Gasteiger partial charge is 0.340 e. The van der Waals surface area contributed by atoms with Crippen LogP contribution in [0.25, 0.3) is 0 Å². The van der Waals surface area contributed by atoms with E-state index in [1.165, 1.54) is 12.1 Å². The van der Waals surface area contributed by atoms with Crippen molar-refractivity contribution < 1.29 is 9.18 Å². The Hall–Kier alpha value is -1.79. The van der Waals surface area contributed by atoms with Crippen molar-refractivity contribution in [1.29, 1.82) is 0 Å². The summed E-state index contributed by atoms with van der Waals surface area (Å²) in [7, 11) is 0. The van der Waals surface area contributed by atoms with Gasteiger partial charge in [0.2, 0.25) is 5.91 Å². The zero-order valence-electron chi connectivity index (χ0n) is 13.4. The van der Waals surface area contributed by atoms with Crippen molar-refractivity contribution in [3.05, 3.63) is 52.2 Å². The molecular weight excluding hydrogens is 325 g/mol. The van der Waals surface area contributed by atoms with Crippen molar-refractivity contribution in [1.82, 2.24) is 14.8 Å². The third-order valence-electron chi connectivity index (χ3n) is 4.96. The predicted octanol–water partition coefficient (Wildman–Crippen LogP) is 2.73. The third-order valence-corrected chi connectivity index (χ3v) is 5.59. The van der Waals surface area contributed by atoms with Crippen molar-refractivity contribution in [3.63, 3.8) is 0 Å². The van der Waals surface area contributed by atoms with Gasteiger partial charge in [-0.05, 0) is 30.0 Å². The second-order valence-corrected chi connectivity index (χ2v) is 7.30. The molecule has 2 fully saturated rings. The van der Waals surface area contributed by atoms with Crippen LogP contribution in [0.15, 0.2) is 35.2 Å². The molecule has 2 aromatic rings. The first kappa shape index (κ1) is 15.7. The second kappa shape index (κ2) is 6.61. The molecule has 1 aromatic heterocycles. The molecule has 1 amide bonds. The van der Waals surface area contributed by atoms with Crippen molar-refractivity contribution in [2.24, 2.45) is 5.92 Å². The molecule has 1 saturated carbocycles. The van der Waals surface area contributed by atoms with Gasteiger partial charge >= 0.3 is 0 Å². The first-order valence-electron chi connectivity index (χ1n) is 8.34. The molecule has 1 aliphatic carbocycles. The Morgan fingerprint density at radius 1 is 1.21 bits per heavy atom. The highest BCUT2D eigenvalue weighted by atomic mass is 32.1. The summed E-state index contributed by atoms with van der Waals surface area (Å²) in [6, 6.07) is 6.57. The van der Waals surface area contributed by atoms with E-state index in [1.54, 1.807) is 23.5 Å². The van der Waals surface area contributed by atoms with Crippen LogP contribution in [0.3, 0.4) is 0 Å². The summed E-state index contributed by atoms with van der Waals surface area (Å²) in [6.45, 7) is 4.24. The Labute approximate surface area is 144 Å². The summed E-state index contributed by atoms with van der Waals surface area (Å²) in [5.74, 6) is 0.392. The predicted molar refractivity (Wildman–Crippen MR) is 91.2 cm³/mol. The highest BCUT2D eigenvalue weighted by Crippen LogP contribution is 2.48. The summed E-state index contributed by atoms with van der Waals surface area (Å²) in [6.07, 6.45) is 0.892. The zero-order chi connectivity index (χ0) is 16.5. The van der Waals surface area contributed by atoms with Gasteiger partial charge in [-0.1, -0.05) is 12.1 Å². The van der Waals surface area contributed by atoms with E-state index in [0.717, 1.165) is 50.4 Å². The van der Waals surface area contributed by atoms with Gasteiger partial charge in [-0.3, -0.25) is 9.69 Å². The van der Waals surface area contributed by atoms with Gasteiger partial charge in [0.25, 0.3) is 0 Å². The van der Waals surface area contributed by atoms with Crippen LogP contribution in [0.2, 0.25) is 0 Å². The molecule has 24 heavy (non-hydrogen) atoms. The molecule has 1 aromatic carbocycles. The molecular formula is C18H20FN3OS. The van der Waals surface area contributed by atoms with E-state index in [-0.39, 0.29) is 23.6 Å². The van der Waals surface area contributed by atoms with Crippen molar-refractivity contribution >= 4 is 17.2 Å². The third kappa shape index (κ3) is 3.35. The quantitative estimate of drug-likeness (QED) is 0.855. The minimum absolute atomic E-state index is 0.0838. The van der Waals surface area contributed by atoms with Crippen LogP contribution < -0.4 is 0 Å². The number of piperazine rings is 1. The van der Waals surface area contributed by atoms with Crippen molar-refractivity contribution in [2.75, 3.05) is 26.2 Å². The normalized spacial score (nSPS) is 24.1. The summed E-state index contributed by atoms with van der Waals surface area (Å²) in [4.78, 5) is 21.3. The molecule has 0 radical (unpaired) electrons. The zero-order valence-corrected chi connectivity index (χ0v) is 14.2. The average Bonchev–Trinajstić information content (AvgIpc) is 3.24. The van der Waals surface area contributed by atoms with Crippen LogP contribution in [0.1, 0.15) is 23.6 Å². The van der Waals surface area contributed by atoms with Crippen LogP contribution in [-0.2, 0) is 11.3 Å². The van der Waals surface area contributed by atoms with Gasteiger partial charge in [-0.25, -0.2) is 9.37 Å². The monoisotopic (exact) mass is 345 g/mol. The second-order valence-electron chi connectivity index (χ2n) is 6.58. The summed E-state index contributed by atoms with van der Waals surface area (Å²) in [5, 5.41) is 2.08. The van der Waals surface area contributed by atoms with E-state index < -0.39 is 0 Å². The van der Waals surface area contributed by atoms with E-state index in [9.17, 15) is 9.18 Å². The van der Waals surface area contributed by atoms with Gasteiger partial charge in [0.1, 0.15) is 5.82 Å². The van der Waals surface area contributed by atoms with E-state index in [0.29, 0.717) is 0 Å². The molecule has 0 bridgehead atoms. The fourth-order valence-electron chi connectivity index (χ4n) is 3.45. The summed E-state index contributed by atoms with van der Waals surface area (Å²) in [5.41, 5.74) is 4.05. The maximum atomic E-state index is 13.0. The topological polar surface area (TPSA) is 36.4 Å². The molecule has 1 saturated heterocycles. The molecule has 6 heteroatoms. The number of nitrogens with zero attached hydrogens (tertiary/aromatic N) is 3. The number of hydrogen-bond donors (Lipinski definition) is 0. The maximum absolute atomic E-state index is 13.0. The van der Waals surface area contributed by atoms with E-state index in [4.69, 9.17) is 0 Å². The van der Waals surface area contributed by atoms with E-state index in [1.807, 2.05) is 10.4 Å². The number of thiazole rings is 1. The maximum Gasteiger partial charge on any atom is 0.226 e. The first-order valence-corrected chi connectivity index (χ1v) is 9.28. The van der Waals surface area contributed by atoms with Gasteiger partial charge in [-0.15, -0.1) is 11.3 Å². The number of amides is 1. The number of carbonyl (C=O) groups is 1. The van der Waals surface area contributed by atoms with Crippen LogP contribution >= 0.6 is 11.3 Å². The Morgan fingerprint density at radius 3 is 2.62 bits per heavy atom. The van der Waals surface area contributed by atoms with E-state index in [2.05, 4.69) is 15.3 Å². The lowest BCUT2D eigenvalue weighted by Gasteiger charge is -2.34. The van der Waals surface area contributed by atoms with Gasteiger partial charge in [0.15, 0.2) is 0 Å². The van der Waals surface area contributed by atoms with Crippen molar-refractivity contribution in [2.45, 2.75) is 18.9 Å². The molecule has 2 aliphatic rings. The number of aromatic nitrogens is 1. The minimum atomic E-state index is -0.224. The van der Waals surface area contributed by atoms with Gasteiger partial charge in [0.05, 0.1) is 11.2 Å². The fourth-order valence-corrected chi connectivity index (χ4v) is 4.00. The van der Waals surface area contributed by atoms with Gasteiger partial charge in [0, 0.05) is 44.0 Å². The Kier molecular flexibility index (Phi) is 4.33. The standard InChI is InChI=1S/C18H20FN3OS/c19-14-3-1-13(2-4-14)16-9-17(16)18(23)22-7-5-21(6-8-22)10-15-11-24-12-20-15/h1-4,11-12,16-17H,5-10H2/t16-,17-/m1/s1. The lowest BCUT2D eigenvalue weighted by atomic mass is 10.1. The highest BCUT2D eigenvalue weighted by Gasteiger charge is 2.46. The molecule has 4 nitrogen and oxygen atoms in total. The van der Waals surface area contributed by atoms with Gasteiger partial charge < -0.3 is 4.90 Å². The molecule has 2 atom stereocenters. The number of carbonyl (C=O) groups excluding carboxylic acids is 1. The SMILES string of the molecule is O=C([C@@H]1C[C@@H]1c1ccc(F)cc1)N1CCN(Cc2cscn2)CC1. The average molecular weight is 345 g/mol. The molecule has 2 heterocycles. The number of hydrogen-bond acceptors (Lipinski definition) is 4. The fraction of sp³-hybridized carbons (Fsp3) is 0.444. The first-order chi connectivity index (χ1) is 11.7. The Balaban J connectivity index is 1.28. The Morgan fingerprint density at radius 2 is 1.96 bits per heavy atom. The Bertz CT molecular complexity index is 696. The van der Waals surface area contributed by atoms with Crippen LogP contribution in [0.4, 0.5) is 4.39 Å². The minimum Gasteiger partial charge on any atom is -0.340 e. The molecule has 0 unspecified atom stereocenters. The number of halogens is 1. The van der Waals surface area contributed by atoms with Gasteiger partial charge in [-0.2, -0.15) is 0 Å². The van der Waals surface area contributed by atoms with Crippen LogP contribution in [0.5, 0.6) is 0 Å². The molecule has 0 spiro atoms. The molecule has 4 rings (SSSR count). The molecule has 126 valence electrons. The highest BCUT2D eigenvalue weighted by molar-refractivity contribution is 7.07. The number of rotatable bonds is 4. The summed E-state index contributed by atoms with van der Waals surface area (Å²) >= 11 is 1.62. The number of benzene rings is 1. The van der Waals surface area contributed by atoms with Crippen molar-refractivity contribution in [3.8, 4) is 0 Å². The lowest BCUT2D eigenvalue weighted by molar-refractivity contribution is -0.134. The van der Waals surface area contributed by atoms with Crippen LogP contribution in [-0.4, -0.2) is 46.9 Å². The smallest absolute Gasteiger partial charge is 0.226 e. The summed E-state index contributed by atoms with van der Waals surface area (Å²) < 4.78 is 13.0. The van der Waals surface area contributed by atoms with Crippen LogP contribution in [0, 0.1) is 11.7 Å². The molecule has 1 aliphatic heterocycles. The van der Waals surface area contributed by atoms with E-state index >= 15 is 0 Å². The molecule has 0 N–H and O–H groups in total.